The molecule has 8 heteroatoms. The van der Waals surface area contributed by atoms with Gasteiger partial charge in [0.2, 0.25) is 5.91 Å². The van der Waals surface area contributed by atoms with Crippen molar-refractivity contribution in [3.8, 4) is 0 Å². The Morgan fingerprint density at radius 2 is 2.17 bits per heavy atom. The summed E-state index contributed by atoms with van der Waals surface area (Å²) in [6.45, 7) is 6.92. The summed E-state index contributed by atoms with van der Waals surface area (Å²) >= 11 is 0. The molecule has 29 heavy (non-hydrogen) atoms. The van der Waals surface area contributed by atoms with Crippen molar-refractivity contribution in [2.24, 2.45) is 17.8 Å². The van der Waals surface area contributed by atoms with Gasteiger partial charge in [-0.05, 0) is 44.7 Å². The molecule has 2 amide bonds. The minimum absolute atomic E-state index is 0.135. The van der Waals surface area contributed by atoms with E-state index in [-0.39, 0.29) is 29.4 Å². The van der Waals surface area contributed by atoms with Gasteiger partial charge in [-0.1, -0.05) is 6.92 Å². The molecule has 4 aliphatic heterocycles. The van der Waals surface area contributed by atoms with E-state index in [0.717, 1.165) is 38.4 Å². The zero-order valence-corrected chi connectivity index (χ0v) is 17.1. The van der Waals surface area contributed by atoms with Gasteiger partial charge < -0.3 is 19.9 Å². The molecule has 5 rings (SSSR count). The lowest BCUT2D eigenvalue weighted by Gasteiger charge is -2.31. The highest BCUT2D eigenvalue weighted by Crippen LogP contribution is 2.54. The van der Waals surface area contributed by atoms with E-state index in [1.54, 1.807) is 0 Å². The number of nitrogens with one attached hydrogen (secondary N) is 2. The molecule has 4 fully saturated rings. The zero-order valence-electron chi connectivity index (χ0n) is 17.1. The number of imidazole rings is 1. The number of fused-ring (bicyclic) bond motifs is 1. The van der Waals surface area contributed by atoms with Gasteiger partial charge in [0, 0.05) is 24.9 Å². The molecule has 4 atom stereocenters. The quantitative estimate of drug-likeness (QED) is 0.764. The Morgan fingerprint density at radius 1 is 1.34 bits per heavy atom. The van der Waals surface area contributed by atoms with Crippen molar-refractivity contribution in [2.45, 2.75) is 44.3 Å². The first kappa shape index (κ1) is 19.1. The standard InChI is InChI=1S/C21H31N5O3/c1-14-3-6-25(7-4-14)11-19(27)26-10-16-15(18-2-5-21(16,12-26)29-18)8-23-20(28)17-9-22-13-24-17/h9,13-16,18H,2-8,10-12H2,1H3,(H,22,24)(H,23,28)/t15-,16+,18+,21+/m0/s1. The Morgan fingerprint density at radius 3 is 2.93 bits per heavy atom. The summed E-state index contributed by atoms with van der Waals surface area (Å²) in [6, 6.07) is 0. The molecule has 0 aromatic carbocycles. The van der Waals surface area contributed by atoms with Crippen molar-refractivity contribution in [3.05, 3.63) is 18.2 Å². The van der Waals surface area contributed by atoms with Gasteiger partial charge in [0.15, 0.2) is 0 Å². The second-order valence-electron chi connectivity index (χ2n) is 9.44. The number of carbonyl (C=O) groups excluding carboxylic acids is 2. The van der Waals surface area contributed by atoms with Crippen LogP contribution in [0.4, 0.5) is 0 Å². The van der Waals surface area contributed by atoms with Crippen LogP contribution in [0.25, 0.3) is 0 Å². The number of amides is 2. The van der Waals surface area contributed by atoms with E-state index in [4.69, 9.17) is 4.74 Å². The predicted octanol–water partition coefficient (Wildman–Crippen LogP) is 0.877. The highest BCUT2D eigenvalue weighted by atomic mass is 16.5. The summed E-state index contributed by atoms with van der Waals surface area (Å²) in [4.78, 5) is 36.3. The summed E-state index contributed by atoms with van der Waals surface area (Å²) in [5.74, 6) is 1.45. The molecule has 2 bridgehead atoms. The fourth-order valence-corrected chi connectivity index (χ4v) is 5.85. The largest absolute Gasteiger partial charge is 0.369 e. The summed E-state index contributed by atoms with van der Waals surface area (Å²) in [5, 5.41) is 3.03. The number of hydrogen-bond acceptors (Lipinski definition) is 5. The molecule has 1 aromatic heterocycles. The third-order valence-corrected chi connectivity index (χ3v) is 7.61. The van der Waals surface area contributed by atoms with Crippen molar-refractivity contribution >= 4 is 11.8 Å². The first-order chi connectivity index (χ1) is 14.0. The summed E-state index contributed by atoms with van der Waals surface area (Å²) in [7, 11) is 0. The van der Waals surface area contributed by atoms with Crippen LogP contribution >= 0.6 is 0 Å². The van der Waals surface area contributed by atoms with Gasteiger partial charge in [-0.3, -0.25) is 14.5 Å². The highest BCUT2D eigenvalue weighted by Gasteiger charge is 2.63. The maximum atomic E-state index is 13.0. The zero-order chi connectivity index (χ0) is 20.0. The van der Waals surface area contributed by atoms with Crippen LogP contribution in [-0.4, -0.2) is 82.6 Å². The molecule has 1 aromatic rings. The molecule has 158 valence electrons. The van der Waals surface area contributed by atoms with Crippen molar-refractivity contribution in [1.82, 2.24) is 25.1 Å². The summed E-state index contributed by atoms with van der Waals surface area (Å²) in [6.07, 6.45) is 7.65. The fraction of sp³-hybridized carbons (Fsp3) is 0.762. The minimum atomic E-state index is -0.194. The van der Waals surface area contributed by atoms with E-state index in [1.807, 2.05) is 4.90 Å². The van der Waals surface area contributed by atoms with Crippen LogP contribution in [0.2, 0.25) is 0 Å². The molecule has 8 nitrogen and oxygen atoms in total. The van der Waals surface area contributed by atoms with Crippen molar-refractivity contribution in [1.29, 1.82) is 0 Å². The third kappa shape index (κ3) is 3.46. The first-order valence-electron chi connectivity index (χ1n) is 11.0. The van der Waals surface area contributed by atoms with E-state index in [0.29, 0.717) is 31.2 Å². The third-order valence-electron chi connectivity index (χ3n) is 7.61. The normalized spacial score (nSPS) is 34.5. The van der Waals surface area contributed by atoms with Crippen LogP contribution in [0.5, 0.6) is 0 Å². The topological polar surface area (TPSA) is 90.6 Å². The van der Waals surface area contributed by atoms with E-state index in [9.17, 15) is 9.59 Å². The molecule has 4 aliphatic rings. The summed E-state index contributed by atoms with van der Waals surface area (Å²) in [5.41, 5.74) is 0.281. The summed E-state index contributed by atoms with van der Waals surface area (Å²) < 4.78 is 6.42. The van der Waals surface area contributed by atoms with Crippen LogP contribution < -0.4 is 5.32 Å². The smallest absolute Gasteiger partial charge is 0.269 e. The second kappa shape index (κ2) is 7.40. The molecular formula is C21H31N5O3. The molecule has 0 radical (unpaired) electrons. The van der Waals surface area contributed by atoms with E-state index in [1.165, 1.54) is 25.4 Å². The van der Waals surface area contributed by atoms with Crippen LogP contribution in [-0.2, 0) is 9.53 Å². The fourth-order valence-electron chi connectivity index (χ4n) is 5.85. The molecule has 5 heterocycles. The number of ether oxygens (including phenoxy) is 1. The first-order valence-corrected chi connectivity index (χ1v) is 11.0. The molecule has 1 spiro atoms. The number of rotatable bonds is 5. The van der Waals surface area contributed by atoms with E-state index in [2.05, 4.69) is 27.1 Å². The van der Waals surface area contributed by atoms with Gasteiger partial charge in [-0.25, -0.2) is 4.98 Å². The number of carbonyl (C=O) groups is 2. The maximum absolute atomic E-state index is 13.0. The van der Waals surface area contributed by atoms with Gasteiger partial charge in [0.25, 0.3) is 5.91 Å². The average Bonchev–Trinajstić information content (AvgIpc) is 3.48. The number of piperidine rings is 1. The van der Waals surface area contributed by atoms with Crippen LogP contribution in [0.15, 0.2) is 12.5 Å². The van der Waals surface area contributed by atoms with Gasteiger partial charge >= 0.3 is 0 Å². The van der Waals surface area contributed by atoms with E-state index >= 15 is 0 Å². The van der Waals surface area contributed by atoms with Gasteiger partial charge in [0.1, 0.15) is 5.69 Å². The Bertz CT molecular complexity index is 760. The Kier molecular flexibility index (Phi) is 4.86. The predicted molar refractivity (Wildman–Crippen MR) is 106 cm³/mol. The Hall–Kier alpha value is -1.93. The lowest BCUT2D eigenvalue weighted by molar-refractivity contribution is -0.133. The Balaban J connectivity index is 1.19. The van der Waals surface area contributed by atoms with Crippen LogP contribution in [0.1, 0.15) is 43.1 Å². The molecule has 2 N–H and O–H groups in total. The van der Waals surface area contributed by atoms with Crippen molar-refractivity contribution in [3.63, 3.8) is 0 Å². The molecule has 4 saturated heterocycles. The van der Waals surface area contributed by atoms with Gasteiger partial charge in [-0.2, -0.15) is 0 Å². The molecule has 0 saturated carbocycles. The lowest BCUT2D eigenvalue weighted by Crippen LogP contribution is -2.44. The number of hydrogen-bond donors (Lipinski definition) is 2. The Labute approximate surface area is 171 Å². The second-order valence-corrected chi connectivity index (χ2v) is 9.44. The number of likely N-dealkylation sites (tertiary alicyclic amines) is 2. The van der Waals surface area contributed by atoms with Crippen LogP contribution in [0, 0.1) is 17.8 Å². The van der Waals surface area contributed by atoms with Gasteiger partial charge in [-0.15, -0.1) is 0 Å². The number of H-pyrrole nitrogens is 1. The maximum Gasteiger partial charge on any atom is 0.269 e. The average molecular weight is 402 g/mol. The van der Waals surface area contributed by atoms with Crippen molar-refractivity contribution in [2.75, 3.05) is 39.3 Å². The van der Waals surface area contributed by atoms with Gasteiger partial charge in [0.05, 0.1) is 37.3 Å². The SMILES string of the molecule is CC1CCN(CC(=O)N2C[C@@H]3[C@H](CNC(=O)c4cnc[nH]4)[C@H]4CC[C@]3(C2)O4)CC1. The monoisotopic (exact) mass is 401 g/mol. The highest BCUT2D eigenvalue weighted by molar-refractivity contribution is 5.91. The number of aromatic nitrogens is 2. The van der Waals surface area contributed by atoms with Crippen molar-refractivity contribution < 1.29 is 14.3 Å². The number of nitrogens with zero attached hydrogens (tertiary/aromatic N) is 3. The molecule has 0 unspecified atom stereocenters. The molecule has 0 aliphatic carbocycles. The van der Waals surface area contributed by atoms with Crippen LogP contribution in [0.3, 0.4) is 0 Å². The number of aromatic amines is 1. The lowest BCUT2D eigenvalue weighted by atomic mass is 9.73. The molecular weight excluding hydrogens is 370 g/mol. The van der Waals surface area contributed by atoms with E-state index < -0.39 is 0 Å². The minimum Gasteiger partial charge on any atom is -0.369 e.